The molecule has 1 fully saturated rings. The molecule has 2 nitrogen and oxygen atoms in total. The molecule has 114 valence electrons. The fourth-order valence-electron chi connectivity index (χ4n) is 2.38. The minimum absolute atomic E-state index is 0.0747. The van der Waals surface area contributed by atoms with Gasteiger partial charge in [-0.1, -0.05) is 41.4 Å². The minimum atomic E-state index is -0.335. The van der Waals surface area contributed by atoms with Gasteiger partial charge < -0.3 is 0 Å². The molecule has 2 aromatic carbocycles. The molecule has 1 heterocycles. The lowest BCUT2D eigenvalue weighted by Gasteiger charge is -2.25. The second kappa shape index (κ2) is 6.11. The van der Waals surface area contributed by atoms with Crippen LogP contribution < -0.4 is 4.90 Å². The first-order chi connectivity index (χ1) is 10.5. The number of carbonyl (C=O) groups is 1. The van der Waals surface area contributed by atoms with Gasteiger partial charge in [-0.25, -0.2) is 4.39 Å². The number of benzene rings is 2. The number of hydrogen-bond acceptors (Lipinski definition) is 2. The molecule has 0 spiro atoms. The summed E-state index contributed by atoms with van der Waals surface area (Å²) in [5.41, 5.74) is 1.82. The van der Waals surface area contributed by atoms with Crippen LogP contribution in [0.1, 0.15) is 16.5 Å². The average molecular weight is 356 g/mol. The van der Waals surface area contributed by atoms with E-state index in [1.54, 1.807) is 36.1 Å². The number of anilines is 1. The van der Waals surface area contributed by atoms with Crippen molar-refractivity contribution in [3.05, 3.63) is 63.4 Å². The molecule has 6 heteroatoms. The van der Waals surface area contributed by atoms with Crippen LogP contribution >= 0.6 is 35.0 Å². The molecule has 0 unspecified atom stereocenters. The molecule has 0 saturated carbocycles. The SMILES string of the molecule is Cc1ccc(N2C(=O)CS[C@H]2c2cccc(Cl)c2Cl)cc1F. The zero-order valence-corrected chi connectivity index (χ0v) is 14.0. The van der Waals surface area contributed by atoms with E-state index in [2.05, 4.69) is 0 Å². The van der Waals surface area contributed by atoms with Crippen LogP contribution in [0.15, 0.2) is 36.4 Å². The summed E-state index contributed by atoms with van der Waals surface area (Å²) >= 11 is 13.8. The fraction of sp³-hybridized carbons (Fsp3) is 0.188. The van der Waals surface area contributed by atoms with Gasteiger partial charge in [0.25, 0.3) is 0 Å². The normalized spacial score (nSPS) is 18.1. The van der Waals surface area contributed by atoms with E-state index in [1.165, 1.54) is 17.8 Å². The van der Waals surface area contributed by atoms with E-state index >= 15 is 0 Å². The predicted octanol–water partition coefficient (Wildman–Crippen LogP) is 5.22. The standard InChI is InChI=1S/C16H12Cl2FNOS/c1-9-5-6-10(7-13(9)19)20-14(21)8-22-16(20)11-3-2-4-12(17)15(11)18/h2-7,16H,8H2,1H3/t16-/m0/s1. The van der Waals surface area contributed by atoms with Crippen molar-refractivity contribution in [2.24, 2.45) is 0 Å². The number of amides is 1. The van der Waals surface area contributed by atoms with E-state index < -0.39 is 0 Å². The minimum Gasteiger partial charge on any atom is -0.295 e. The van der Waals surface area contributed by atoms with Crippen molar-refractivity contribution in [3.8, 4) is 0 Å². The van der Waals surface area contributed by atoms with E-state index in [9.17, 15) is 9.18 Å². The van der Waals surface area contributed by atoms with E-state index in [0.717, 1.165) is 5.56 Å². The molecule has 0 bridgehead atoms. The molecule has 0 radical (unpaired) electrons. The summed E-state index contributed by atoms with van der Waals surface area (Å²) in [4.78, 5) is 13.8. The lowest BCUT2D eigenvalue weighted by Crippen LogP contribution is -2.28. The Bertz CT molecular complexity index is 753. The summed E-state index contributed by atoms with van der Waals surface area (Å²) in [6.45, 7) is 1.69. The van der Waals surface area contributed by atoms with Crippen molar-refractivity contribution in [2.75, 3.05) is 10.7 Å². The van der Waals surface area contributed by atoms with Crippen LogP contribution in [0.5, 0.6) is 0 Å². The van der Waals surface area contributed by atoms with E-state index in [-0.39, 0.29) is 17.1 Å². The maximum atomic E-state index is 13.8. The monoisotopic (exact) mass is 355 g/mol. The third kappa shape index (κ3) is 2.71. The third-order valence-electron chi connectivity index (χ3n) is 3.55. The zero-order valence-electron chi connectivity index (χ0n) is 11.6. The second-order valence-electron chi connectivity index (χ2n) is 5.00. The van der Waals surface area contributed by atoms with Crippen LogP contribution in [-0.2, 0) is 4.79 Å². The van der Waals surface area contributed by atoms with Crippen molar-refractivity contribution in [1.29, 1.82) is 0 Å². The molecule has 0 N–H and O–H groups in total. The van der Waals surface area contributed by atoms with Gasteiger partial charge in [-0.3, -0.25) is 9.69 Å². The first-order valence-electron chi connectivity index (χ1n) is 6.63. The average Bonchev–Trinajstić information content (AvgIpc) is 2.86. The topological polar surface area (TPSA) is 20.3 Å². The van der Waals surface area contributed by atoms with Crippen LogP contribution in [0.3, 0.4) is 0 Å². The Morgan fingerprint density at radius 1 is 1.27 bits per heavy atom. The van der Waals surface area contributed by atoms with Crippen molar-refractivity contribution >= 4 is 46.6 Å². The Hall–Kier alpha value is -1.23. The smallest absolute Gasteiger partial charge is 0.238 e. The summed E-state index contributed by atoms with van der Waals surface area (Å²) in [6.07, 6.45) is 0. The van der Waals surface area contributed by atoms with Crippen molar-refractivity contribution < 1.29 is 9.18 Å². The lowest BCUT2D eigenvalue weighted by atomic mass is 10.1. The molecule has 22 heavy (non-hydrogen) atoms. The first kappa shape index (κ1) is 15.7. The van der Waals surface area contributed by atoms with Gasteiger partial charge in [0.05, 0.1) is 15.8 Å². The van der Waals surface area contributed by atoms with Gasteiger partial charge in [0.2, 0.25) is 5.91 Å². The van der Waals surface area contributed by atoms with Gasteiger partial charge in [0, 0.05) is 11.3 Å². The van der Waals surface area contributed by atoms with Crippen LogP contribution in [0, 0.1) is 12.7 Å². The maximum Gasteiger partial charge on any atom is 0.238 e. The van der Waals surface area contributed by atoms with Gasteiger partial charge in [-0.15, -0.1) is 11.8 Å². The Morgan fingerprint density at radius 3 is 2.77 bits per heavy atom. The third-order valence-corrected chi connectivity index (χ3v) is 5.58. The molecule has 1 amide bonds. The predicted molar refractivity (Wildman–Crippen MR) is 90.3 cm³/mol. The number of carbonyl (C=O) groups excluding carboxylic acids is 1. The molecule has 1 atom stereocenters. The number of hydrogen-bond donors (Lipinski definition) is 0. The van der Waals surface area contributed by atoms with Crippen molar-refractivity contribution in [1.82, 2.24) is 0 Å². The molecule has 0 aromatic heterocycles. The van der Waals surface area contributed by atoms with E-state index in [4.69, 9.17) is 23.2 Å². The quantitative estimate of drug-likeness (QED) is 0.735. The van der Waals surface area contributed by atoms with Crippen LogP contribution in [0.4, 0.5) is 10.1 Å². The highest BCUT2D eigenvalue weighted by Crippen LogP contribution is 2.45. The second-order valence-corrected chi connectivity index (χ2v) is 6.86. The molecule has 0 aliphatic carbocycles. The number of halogens is 3. The molecule has 1 aliphatic heterocycles. The summed E-state index contributed by atoms with van der Waals surface area (Å²) in [6, 6.07) is 10.1. The van der Waals surface area contributed by atoms with E-state index in [0.29, 0.717) is 27.0 Å². The highest BCUT2D eigenvalue weighted by Gasteiger charge is 2.35. The van der Waals surface area contributed by atoms with Crippen molar-refractivity contribution in [3.63, 3.8) is 0 Å². The van der Waals surface area contributed by atoms with Gasteiger partial charge in [-0.2, -0.15) is 0 Å². The van der Waals surface area contributed by atoms with Gasteiger partial charge in [0.15, 0.2) is 0 Å². The Kier molecular flexibility index (Phi) is 4.35. The first-order valence-corrected chi connectivity index (χ1v) is 8.43. The van der Waals surface area contributed by atoms with Gasteiger partial charge in [0.1, 0.15) is 11.2 Å². The van der Waals surface area contributed by atoms with E-state index in [1.807, 2.05) is 6.07 Å². The molecule has 1 aliphatic rings. The fourth-order valence-corrected chi connectivity index (χ4v) is 4.06. The summed E-state index contributed by atoms with van der Waals surface area (Å²) in [5.74, 6) is -0.0874. The largest absolute Gasteiger partial charge is 0.295 e. The summed E-state index contributed by atoms with van der Waals surface area (Å²) in [5, 5.41) is 0.559. The summed E-state index contributed by atoms with van der Waals surface area (Å²) < 4.78 is 13.8. The zero-order chi connectivity index (χ0) is 15.9. The van der Waals surface area contributed by atoms with Gasteiger partial charge >= 0.3 is 0 Å². The highest BCUT2D eigenvalue weighted by atomic mass is 35.5. The number of rotatable bonds is 2. The van der Waals surface area contributed by atoms with Crippen molar-refractivity contribution in [2.45, 2.75) is 12.3 Å². The van der Waals surface area contributed by atoms with Gasteiger partial charge in [-0.05, 0) is 30.7 Å². The maximum absolute atomic E-state index is 13.8. The Balaban J connectivity index is 2.06. The number of thioether (sulfide) groups is 1. The molecule has 3 rings (SSSR count). The summed E-state index contributed by atoms with van der Waals surface area (Å²) in [7, 11) is 0. The number of nitrogens with zero attached hydrogens (tertiary/aromatic N) is 1. The lowest BCUT2D eigenvalue weighted by molar-refractivity contribution is -0.115. The number of aryl methyl sites for hydroxylation is 1. The Labute approximate surface area is 142 Å². The molecular formula is C16H12Cl2FNOS. The van der Waals surface area contributed by atoms with Crippen LogP contribution in [0.25, 0.3) is 0 Å². The Morgan fingerprint density at radius 2 is 2.05 bits per heavy atom. The molecular weight excluding hydrogens is 344 g/mol. The molecule has 1 saturated heterocycles. The van der Waals surface area contributed by atoms with Crippen LogP contribution in [-0.4, -0.2) is 11.7 Å². The molecule has 2 aromatic rings. The van der Waals surface area contributed by atoms with Crippen LogP contribution in [0.2, 0.25) is 10.0 Å². The highest BCUT2D eigenvalue weighted by molar-refractivity contribution is 8.00.